The van der Waals surface area contributed by atoms with Gasteiger partial charge in [-0.2, -0.15) is 0 Å². The molecule has 1 aliphatic heterocycles. The van der Waals surface area contributed by atoms with Gasteiger partial charge in [0.15, 0.2) is 5.71 Å². The summed E-state index contributed by atoms with van der Waals surface area (Å²) in [5.74, 6) is -0.942. The molecule has 1 heterocycles. The van der Waals surface area contributed by atoms with Crippen molar-refractivity contribution >= 4 is 11.7 Å². The van der Waals surface area contributed by atoms with Crippen LogP contribution in [0.15, 0.2) is 5.16 Å². The lowest BCUT2D eigenvalue weighted by molar-refractivity contribution is -0.129. The van der Waals surface area contributed by atoms with Crippen molar-refractivity contribution in [2.45, 2.75) is 32.6 Å². The summed E-state index contributed by atoms with van der Waals surface area (Å²) in [5.41, 5.74) is 0.191. The van der Waals surface area contributed by atoms with Gasteiger partial charge in [0.1, 0.15) is 6.61 Å². The number of oxime groups is 1. The van der Waals surface area contributed by atoms with Crippen LogP contribution in [0.3, 0.4) is 0 Å². The molecular formula is C9H15NO3. The molecule has 1 rings (SSSR count). The van der Waals surface area contributed by atoms with Gasteiger partial charge in [0.2, 0.25) is 0 Å². The highest BCUT2D eigenvalue weighted by Crippen LogP contribution is 2.17. The number of hydrogen-bond acceptors (Lipinski definition) is 3. The first kappa shape index (κ1) is 10.0. The van der Waals surface area contributed by atoms with Crippen LogP contribution in [0.5, 0.6) is 0 Å². The summed E-state index contributed by atoms with van der Waals surface area (Å²) in [7, 11) is 0. The molecule has 0 amide bonds. The zero-order valence-electron chi connectivity index (χ0n) is 7.82. The number of rotatable bonds is 5. The van der Waals surface area contributed by atoms with Crippen LogP contribution in [0, 0.1) is 5.92 Å². The number of carbonyl (C=O) groups is 1. The average molecular weight is 185 g/mol. The van der Waals surface area contributed by atoms with Gasteiger partial charge in [-0.25, -0.2) is 4.79 Å². The van der Waals surface area contributed by atoms with Crippen LogP contribution in [-0.2, 0) is 9.63 Å². The molecule has 1 atom stereocenters. The van der Waals surface area contributed by atoms with E-state index in [2.05, 4.69) is 12.1 Å². The Labute approximate surface area is 77.6 Å². The van der Waals surface area contributed by atoms with E-state index in [1.807, 2.05) is 0 Å². The molecule has 1 unspecified atom stereocenters. The molecule has 1 N–H and O–H groups in total. The molecular weight excluding hydrogens is 170 g/mol. The van der Waals surface area contributed by atoms with Crippen LogP contribution in [-0.4, -0.2) is 23.4 Å². The maximum Gasteiger partial charge on any atom is 0.354 e. The Morgan fingerprint density at radius 1 is 1.69 bits per heavy atom. The maximum absolute atomic E-state index is 10.6. The van der Waals surface area contributed by atoms with Crippen molar-refractivity contribution in [1.29, 1.82) is 0 Å². The molecule has 4 nitrogen and oxygen atoms in total. The number of unbranched alkanes of at least 4 members (excludes halogenated alkanes) is 2. The average Bonchev–Trinajstić information content (AvgIpc) is 2.53. The van der Waals surface area contributed by atoms with Gasteiger partial charge < -0.3 is 9.94 Å². The largest absolute Gasteiger partial charge is 0.477 e. The fourth-order valence-electron chi connectivity index (χ4n) is 1.42. The van der Waals surface area contributed by atoms with E-state index >= 15 is 0 Å². The van der Waals surface area contributed by atoms with Crippen LogP contribution in [0.25, 0.3) is 0 Å². The number of carboxylic acids is 1. The lowest BCUT2D eigenvalue weighted by Crippen LogP contribution is -2.21. The predicted molar refractivity (Wildman–Crippen MR) is 48.7 cm³/mol. The third-order valence-corrected chi connectivity index (χ3v) is 2.20. The van der Waals surface area contributed by atoms with E-state index in [1.54, 1.807) is 0 Å². The SMILES string of the molecule is CCCCCC1CON=C1C(=O)O. The molecule has 4 heteroatoms. The van der Waals surface area contributed by atoms with Gasteiger partial charge in [0.25, 0.3) is 0 Å². The summed E-state index contributed by atoms with van der Waals surface area (Å²) >= 11 is 0. The highest BCUT2D eigenvalue weighted by atomic mass is 16.6. The first-order chi connectivity index (χ1) is 6.25. The number of nitrogens with zero attached hydrogens (tertiary/aromatic N) is 1. The number of carboxylic acid groups (broad SMARTS) is 1. The van der Waals surface area contributed by atoms with Crippen LogP contribution >= 0.6 is 0 Å². The first-order valence-corrected chi connectivity index (χ1v) is 4.68. The van der Waals surface area contributed by atoms with Gasteiger partial charge in [-0.15, -0.1) is 0 Å². The van der Waals surface area contributed by atoms with Crippen LogP contribution in [0.4, 0.5) is 0 Å². The molecule has 1 aliphatic rings. The molecule has 0 saturated heterocycles. The van der Waals surface area contributed by atoms with Gasteiger partial charge in [0, 0.05) is 5.92 Å². The molecule has 13 heavy (non-hydrogen) atoms. The van der Waals surface area contributed by atoms with Crippen molar-refractivity contribution in [3.8, 4) is 0 Å². The van der Waals surface area contributed by atoms with Crippen molar-refractivity contribution in [3.05, 3.63) is 0 Å². The minimum atomic E-state index is -0.945. The zero-order valence-corrected chi connectivity index (χ0v) is 7.82. The minimum Gasteiger partial charge on any atom is -0.477 e. The van der Waals surface area contributed by atoms with E-state index in [-0.39, 0.29) is 11.6 Å². The summed E-state index contributed by atoms with van der Waals surface area (Å²) in [6.45, 7) is 2.56. The van der Waals surface area contributed by atoms with Gasteiger partial charge in [-0.1, -0.05) is 31.3 Å². The molecule has 74 valence electrons. The van der Waals surface area contributed by atoms with E-state index in [4.69, 9.17) is 9.94 Å². The zero-order chi connectivity index (χ0) is 9.68. The van der Waals surface area contributed by atoms with E-state index in [0.29, 0.717) is 6.61 Å². The molecule has 0 aromatic carbocycles. The third kappa shape index (κ3) is 2.72. The van der Waals surface area contributed by atoms with E-state index < -0.39 is 5.97 Å². The minimum absolute atomic E-state index is 0.00375. The summed E-state index contributed by atoms with van der Waals surface area (Å²) in [6, 6.07) is 0. The molecule has 0 fully saturated rings. The molecule has 0 saturated carbocycles. The molecule has 0 aromatic heterocycles. The quantitative estimate of drug-likeness (QED) is 0.662. The summed E-state index contributed by atoms with van der Waals surface area (Å²) in [6.07, 6.45) is 4.21. The first-order valence-electron chi connectivity index (χ1n) is 4.68. The Balaban J connectivity index is 2.34. The lowest BCUT2D eigenvalue weighted by Gasteiger charge is -2.05. The van der Waals surface area contributed by atoms with Crippen molar-refractivity contribution in [2.75, 3.05) is 6.61 Å². The van der Waals surface area contributed by atoms with Crippen molar-refractivity contribution < 1.29 is 14.7 Å². The second kappa shape index (κ2) is 4.84. The van der Waals surface area contributed by atoms with Gasteiger partial charge >= 0.3 is 5.97 Å². The smallest absolute Gasteiger partial charge is 0.354 e. The van der Waals surface area contributed by atoms with Crippen molar-refractivity contribution in [1.82, 2.24) is 0 Å². The maximum atomic E-state index is 10.6. The fraction of sp³-hybridized carbons (Fsp3) is 0.778. The van der Waals surface area contributed by atoms with Crippen LogP contribution in [0.2, 0.25) is 0 Å². The third-order valence-electron chi connectivity index (χ3n) is 2.20. The standard InChI is InChI=1S/C9H15NO3/c1-2-3-4-5-7-6-13-10-8(7)9(11)12/h7H,2-6H2,1H3,(H,11,12). The Morgan fingerprint density at radius 3 is 3.08 bits per heavy atom. The Hall–Kier alpha value is -1.06. The molecule has 0 aliphatic carbocycles. The normalized spacial score (nSPS) is 21.0. The Morgan fingerprint density at radius 2 is 2.46 bits per heavy atom. The second-order valence-electron chi connectivity index (χ2n) is 3.27. The molecule has 0 spiro atoms. The lowest BCUT2D eigenvalue weighted by atomic mass is 9.98. The predicted octanol–water partition coefficient (Wildman–Crippen LogP) is 1.65. The molecule has 0 radical (unpaired) electrons. The van der Waals surface area contributed by atoms with Crippen molar-refractivity contribution in [3.63, 3.8) is 0 Å². The van der Waals surface area contributed by atoms with Gasteiger partial charge in [0.05, 0.1) is 0 Å². The number of hydrogen-bond donors (Lipinski definition) is 1. The Kier molecular flexibility index (Phi) is 3.73. The van der Waals surface area contributed by atoms with Gasteiger partial charge in [-0.3, -0.25) is 0 Å². The van der Waals surface area contributed by atoms with E-state index in [0.717, 1.165) is 25.7 Å². The van der Waals surface area contributed by atoms with Gasteiger partial charge in [-0.05, 0) is 6.42 Å². The van der Waals surface area contributed by atoms with Crippen LogP contribution in [0.1, 0.15) is 32.6 Å². The monoisotopic (exact) mass is 185 g/mol. The summed E-state index contributed by atoms with van der Waals surface area (Å²) in [4.78, 5) is 15.4. The summed E-state index contributed by atoms with van der Waals surface area (Å²) in [5, 5.41) is 12.2. The van der Waals surface area contributed by atoms with Crippen LogP contribution < -0.4 is 0 Å². The second-order valence-corrected chi connectivity index (χ2v) is 3.27. The topological polar surface area (TPSA) is 58.9 Å². The highest BCUT2D eigenvalue weighted by molar-refractivity contribution is 6.36. The van der Waals surface area contributed by atoms with Crippen molar-refractivity contribution in [2.24, 2.45) is 11.1 Å². The van der Waals surface area contributed by atoms with E-state index in [1.165, 1.54) is 0 Å². The molecule has 0 bridgehead atoms. The summed E-state index contributed by atoms with van der Waals surface area (Å²) < 4.78 is 0. The van der Waals surface area contributed by atoms with E-state index in [9.17, 15) is 4.79 Å². The fourth-order valence-corrected chi connectivity index (χ4v) is 1.42. The molecule has 0 aromatic rings. The Bertz CT molecular complexity index is 213. The number of aliphatic carboxylic acids is 1. The highest BCUT2D eigenvalue weighted by Gasteiger charge is 2.28.